The van der Waals surface area contributed by atoms with Gasteiger partial charge in [-0.1, -0.05) is 6.07 Å². The molecule has 1 aliphatic heterocycles. The van der Waals surface area contributed by atoms with E-state index in [1.807, 2.05) is 9.80 Å². The highest BCUT2D eigenvalue weighted by atomic mass is 19.1. The van der Waals surface area contributed by atoms with Crippen LogP contribution in [0.1, 0.15) is 28.7 Å². The summed E-state index contributed by atoms with van der Waals surface area (Å²) in [6, 6.07) is 6.18. The molecule has 0 aliphatic carbocycles. The van der Waals surface area contributed by atoms with E-state index >= 15 is 4.39 Å². The molecule has 0 bridgehead atoms. The fraction of sp³-hybridized carbons (Fsp3) is 0.273. The predicted octanol–water partition coefficient (Wildman–Crippen LogP) is 1.34. The standard InChI is InChI=1S/C22H23F2N7O2/c1-12(25)10-16-22(33)29-19-14(27-16)3-2-13(18(19)23)11-30-6-8-31(9-7-30)17-5-4-15(21(26)32)28-20(17)24/h2-5,10H,6-9,11,25H2,1H3,(H2,26,32)(H,29,33)/b12-10-. The van der Waals surface area contributed by atoms with Crippen LogP contribution in [0.4, 0.5) is 14.5 Å². The number of carbonyl (C=O) groups is 1. The van der Waals surface area contributed by atoms with Gasteiger partial charge in [0.2, 0.25) is 5.95 Å². The molecule has 3 aromatic rings. The first-order chi connectivity index (χ1) is 15.7. The lowest BCUT2D eigenvalue weighted by Gasteiger charge is -2.36. The number of anilines is 1. The number of nitrogens with two attached hydrogens (primary N) is 2. The number of hydrogen-bond acceptors (Lipinski definition) is 7. The fourth-order valence-electron chi connectivity index (χ4n) is 3.80. The molecular weight excluding hydrogens is 432 g/mol. The molecule has 1 aliphatic rings. The molecule has 0 radical (unpaired) electrons. The Bertz CT molecular complexity index is 1310. The average molecular weight is 455 g/mol. The Morgan fingerprint density at radius 3 is 2.48 bits per heavy atom. The number of nitrogens with zero attached hydrogens (tertiary/aromatic N) is 4. The van der Waals surface area contributed by atoms with Gasteiger partial charge in [0.1, 0.15) is 16.9 Å². The Balaban J connectivity index is 1.48. The third-order valence-corrected chi connectivity index (χ3v) is 5.46. The summed E-state index contributed by atoms with van der Waals surface area (Å²) >= 11 is 0. The molecule has 1 aromatic carbocycles. The second-order valence-electron chi connectivity index (χ2n) is 7.91. The van der Waals surface area contributed by atoms with Crippen LogP contribution in [0, 0.1) is 11.8 Å². The first-order valence-electron chi connectivity index (χ1n) is 10.3. The number of allylic oxidation sites excluding steroid dienone is 1. The summed E-state index contributed by atoms with van der Waals surface area (Å²) in [6.45, 7) is 4.07. The second-order valence-corrected chi connectivity index (χ2v) is 7.91. The summed E-state index contributed by atoms with van der Waals surface area (Å²) in [5.41, 5.74) is 11.7. The average Bonchev–Trinajstić information content (AvgIpc) is 2.77. The Hall–Kier alpha value is -3.86. The van der Waals surface area contributed by atoms with Crippen molar-refractivity contribution in [2.24, 2.45) is 11.5 Å². The van der Waals surface area contributed by atoms with E-state index in [9.17, 15) is 14.0 Å². The summed E-state index contributed by atoms with van der Waals surface area (Å²) in [6.07, 6.45) is 1.43. The molecule has 9 nitrogen and oxygen atoms in total. The van der Waals surface area contributed by atoms with Crippen molar-refractivity contribution in [1.82, 2.24) is 19.9 Å². The van der Waals surface area contributed by atoms with Crippen LogP contribution in [0.2, 0.25) is 0 Å². The molecule has 4 rings (SSSR count). The summed E-state index contributed by atoms with van der Waals surface area (Å²) in [5.74, 6) is -2.07. The number of rotatable bonds is 5. The molecule has 0 atom stereocenters. The van der Waals surface area contributed by atoms with E-state index in [-0.39, 0.29) is 22.6 Å². The zero-order chi connectivity index (χ0) is 23.7. The summed E-state index contributed by atoms with van der Waals surface area (Å²) in [4.78, 5) is 37.6. The van der Waals surface area contributed by atoms with E-state index in [4.69, 9.17) is 11.5 Å². The number of benzene rings is 1. The molecule has 33 heavy (non-hydrogen) atoms. The number of fused-ring (bicyclic) bond motifs is 1. The van der Waals surface area contributed by atoms with Crippen LogP contribution in [0.3, 0.4) is 0 Å². The van der Waals surface area contributed by atoms with Gasteiger partial charge in [-0.3, -0.25) is 14.5 Å². The molecule has 2 aromatic heterocycles. The molecule has 0 saturated carbocycles. The van der Waals surface area contributed by atoms with Crippen molar-refractivity contribution in [3.8, 4) is 0 Å². The number of aromatic nitrogens is 3. The molecule has 5 N–H and O–H groups in total. The van der Waals surface area contributed by atoms with Crippen LogP contribution in [0.5, 0.6) is 0 Å². The van der Waals surface area contributed by atoms with Crippen LogP contribution < -0.4 is 21.9 Å². The van der Waals surface area contributed by atoms with Gasteiger partial charge in [0.05, 0.1) is 11.2 Å². The number of H-pyrrole nitrogens is 1. The molecule has 1 fully saturated rings. The van der Waals surface area contributed by atoms with Crippen LogP contribution >= 0.6 is 0 Å². The lowest BCUT2D eigenvalue weighted by Crippen LogP contribution is -2.46. The van der Waals surface area contributed by atoms with Gasteiger partial charge in [-0.25, -0.2) is 14.4 Å². The minimum Gasteiger partial charge on any atom is -0.402 e. The van der Waals surface area contributed by atoms with Gasteiger partial charge in [-0.2, -0.15) is 4.39 Å². The predicted molar refractivity (Wildman–Crippen MR) is 120 cm³/mol. The SMILES string of the molecule is C/C(N)=C/c1nc2ccc(CN3CCN(c4ccc(C(N)=O)nc4F)CC3)c(F)c2[nH]c1=O. The minimum absolute atomic E-state index is 0.0469. The topological polar surface area (TPSA) is 134 Å². The number of nitrogens with one attached hydrogen (secondary N) is 1. The van der Waals surface area contributed by atoms with Crippen LogP contribution in [0.15, 0.2) is 34.8 Å². The maximum Gasteiger partial charge on any atom is 0.274 e. The van der Waals surface area contributed by atoms with Crippen LogP contribution in [-0.4, -0.2) is 51.9 Å². The highest BCUT2D eigenvalue weighted by Crippen LogP contribution is 2.22. The number of pyridine rings is 1. The number of carbonyl (C=O) groups excluding carboxylic acids is 1. The van der Waals surface area contributed by atoms with Gasteiger partial charge in [0.15, 0.2) is 5.82 Å². The monoisotopic (exact) mass is 455 g/mol. The van der Waals surface area contributed by atoms with E-state index in [2.05, 4.69) is 15.0 Å². The third kappa shape index (κ3) is 4.67. The fourth-order valence-corrected chi connectivity index (χ4v) is 3.80. The molecule has 172 valence electrons. The van der Waals surface area contributed by atoms with Crippen molar-refractivity contribution in [2.75, 3.05) is 31.1 Å². The first-order valence-corrected chi connectivity index (χ1v) is 10.3. The first kappa shape index (κ1) is 22.3. The van der Waals surface area contributed by atoms with Gasteiger partial charge < -0.3 is 21.4 Å². The van der Waals surface area contributed by atoms with Crippen molar-refractivity contribution in [3.05, 3.63) is 69.0 Å². The highest BCUT2D eigenvalue weighted by Gasteiger charge is 2.22. The zero-order valence-electron chi connectivity index (χ0n) is 17.9. The lowest BCUT2D eigenvalue weighted by atomic mass is 10.1. The van der Waals surface area contributed by atoms with E-state index in [1.165, 1.54) is 18.2 Å². The maximum atomic E-state index is 15.1. The van der Waals surface area contributed by atoms with E-state index in [0.717, 1.165) is 0 Å². The summed E-state index contributed by atoms with van der Waals surface area (Å²) < 4.78 is 29.4. The smallest absolute Gasteiger partial charge is 0.274 e. The van der Waals surface area contributed by atoms with Gasteiger partial charge in [0.25, 0.3) is 11.5 Å². The van der Waals surface area contributed by atoms with Crippen molar-refractivity contribution >= 4 is 28.7 Å². The molecule has 1 saturated heterocycles. The number of amides is 1. The van der Waals surface area contributed by atoms with Crippen molar-refractivity contribution in [3.63, 3.8) is 0 Å². The van der Waals surface area contributed by atoms with Crippen LogP contribution in [0.25, 0.3) is 17.1 Å². The molecule has 1 amide bonds. The van der Waals surface area contributed by atoms with Crippen molar-refractivity contribution < 1.29 is 13.6 Å². The van der Waals surface area contributed by atoms with Crippen molar-refractivity contribution in [1.29, 1.82) is 0 Å². The Labute approximate surface area is 187 Å². The molecule has 0 spiro atoms. The largest absolute Gasteiger partial charge is 0.402 e. The second kappa shape index (κ2) is 8.94. The van der Waals surface area contributed by atoms with Crippen molar-refractivity contribution in [2.45, 2.75) is 13.5 Å². The Morgan fingerprint density at radius 2 is 1.85 bits per heavy atom. The number of aromatic amines is 1. The lowest BCUT2D eigenvalue weighted by molar-refractivity contribution is 0.0994. The zero-order valence-corrected chi connectivity index (χ0v) is 17.9. The molecule has 11 heteroatoms. The number of halogens is 2. The Morgan fingerprint density at radius 1 is 1.12 bits per heavy atom. The summed E-state index contributed by atoms with van der Waals surface area (Å²) in [5, 5.41) is 0. The number of primary amides is 1. The van der Waals surface area contributed by atoms with Gasteiger partial charge in [0, 0.05) is 44.0 Å². The molecular formula is C22H23F2N7O2. The van der Waals surface area contributed by atoms with Gasteiger partial charge in [-0.05, 0) is 31.2 Å². The summed E-state index contributed by atoms with van der Waals surface area (Å²) in [7, 11) is 0. The van der Waals surface area contributed by atoms with Crippen LogP contribution in [-0.2, 0) is 6.54 Å². The maximum absolute atomic E-state index is 15.1. The highest BCUT2D eigenvalue weighted by molar-refractivity contribution is 5.91. The third-order valence-electron chi connectivity index (χ3n) is 5.46. The minimum atomic E-state index is -0.790. The van der Waals surface area contributed by atoms with E-state index in [1.54, 1.807) is 19.1 Å². The number of piperazine rings is 1. The normalized spacial score (nSPS) is 15.2. The van der Waals surface area contributed by atoms with E-state index < -0.39 is 23.2 Å². The van der Waals surface area contributed by atoms with Gasteiger partial charge in [-0.15, -0.1) is 0 Å². The number of hydrogen-bond donors (Lipinski definition) is 3. The Kier molecular flexibility index (Phi) is 6.05. The molecule has 0 unspecified atom stereocenters. The molecule has 3 heterocycles. The van der Waals surface area contributed by atoms with E-state index in [0.29, 0.717) is 49.5 Å². The van der Waals surface area contributed by atoms with Gasteiger partial charge >= 0.3 is 0 Å². The quantitative estimate of drug-likeness (QED) is 0.494.